The summed E-state index contributed by atoms with van der Waals surface area (Å²) in [7, 11) is 3.31. The highest BCUT2D eigenvalue weighted by atomic mass is 35.5. The molecule has 3 fully saturated rings. The molecule has 8 nitrogen and oxygen atoms in total. The number of methoxy groups -OCH3 is 2. The molecule has 0 radical (unpaired) electrons. The number of benzene rings is 1. The number of nitrogens with one attached hydrogen (secondary N) is 3. The highest BCUT2D eigenvalue weighted by molar-refractivity contribution is 6.29. The third-order valence-corrected chi connectivity index (χ3v) is 6.84. The number of morpholine rings is 1. The van der Waals surface area contributed by atoms with E-state index in [1.54, 1.807) is 14.2 Å². The smallest absolute Gasteiger partial charge is 0.127 e. The largest absolute Gasteiger partial charge is 0.497 e. The van der Waals surface area contributed by atoms with E-state index in [0.29, 0.717) is 42.6 Å². The summed E-state index contributed by atoms with van der Waals surface area (Å²) in [5.74, 6) is 1.57. The van der Waals surface area contributed by atoms with Crippen molar-refractivity contribution in [2.75, 3.05) is 47.0 Å². The molecule has 172 valence electrons. The van der Waals surface area contributed by atoms with Gasteiger partial charge in [-0.3, -0.25) is 10.2 Å². The zero-order valence-corrected chi connectivity index (χ0v) is 19.1. The van der Waals surface area contributed by atoms with Crippen LogP contribution in [0.25, 0.3) is 0 Å². The third kappa shape index (κ3) is 5.27. The quantitative estimate of drug-likeness (QED) is 0.370. The molecule has 0 aromatic heterocycles. The molecule has 1 aromatic rings. The number of hydrogen-bond donors (Lipinski definition) is 4. The molecule has 0 spiro atoms. The first-order chi connectivity index (χ1) is 15.1. The Hall–Kier alpha value is -1.55. The van der Waals surface area contributed by atoms with Gasteiger partial charge in [-0.05, 0) is 24.5 Å². The SMILES string of the molecule is COc1ccc(CNC/C(CCNC2NC[C@H]2N2CC3CC2CO3)=C(/N)Cl)c(OC)c1. The van der Waals surface area contributed by atoms with Gasteiger partial charge in [-0.2, -0.15) is 0 Å². The van der Waals surface area contributed by atoms with Crippen molar-refractivity contribution in [3.63, 3.8) is 0 Å². The second-order valence-electron chi connectivity index (χ2n) is 8.43. The van der Waals surface area contributed by atoms with E-state index >= 15 is 0 Å². The first-order valence-electron chi connectivity index (χ1n) is 11.0. The fourth-order valence-corrected chi connectivity index (χ4v) is 4.87. The zero-order valence-electron chi connectivity index (χ0n) is 18.3. The van der Waals surface area contributed by atoms with Crippen LogP contribution in [0.4, 0.5) is 0 Å². The lowest BCUT2D eigenvalue weighted by Crippen LogP contribution is -2.71. The molecule has 0 saturated carbocycles. The number of fused-ring (bicyclic) bond motifs is 2. The van der Waals surface area contributed by atoms with Crippen LogP contribution in [0.2, 0.25) is 0 Å². The van der Waals surface area contributed by atoms with Gasteiger partial charge in [0, 0.05) is 50.4 Å². The molecule has 1 aromatic carbocycles. The van der Waals surface area contributed by atoms with Crippen LogP contribution < -0.4 is 31.2 Å². The van der Waals surface area contributed by atoms with E-state index in [-0.39, 0.29) is 0 Å². The van der Waals surface area contributed by atoms with E-state index in [1.807, 2.05) is 18.2 Å². The summed E-state index contributed by atoms with van der Waals surface area (Å²) in [6.07, 6.45) is 2.73. The Labute approximate surface area is 189 Å². The molecule has 4 rings (SSSR count). The predicted octanol–water partition coefficient (Wildman–Crippen LogP) is 0.953. The van der Waals surface area contributed by atoms with Gasteiger partial charge < -0.3 is 30.6 Å². The van der Waals surface area contributed by atoms with Gasteiger partial charge in [-0.25, -0.2) is 0 Å². The van der Waals surface area contributed by atoms with Gasteiger partial charge in [0.15, 0.2) is 0 Å². The zero-order chi connectivity index (χ0) is 21.8. The third-order valence-electron chi connectivity index (χ3n) is 6.58. The second-order valence-corrected chi connectivity index (χ2v) is 8.84. The number of hydrogen-bond acceptors (Lipinski definition) is 8. The normalized spacial score (nSPS) is 28.4. The summed E-state index contributed by atoms with van der Waals surface area (Å²) in [6.45, 7) is 5.08. The van der Waals surface area contributed by atoms with Crippen molar-refractivity contribution in [2.45, 2.75) is 43.7 Å². The van der Waals surface area contributed by atoms with Crippen LogP contribution in [-0.2, 0) is 11.3 Å². The minimum atomic E-state index is 0.314. The maximum atomic E-state index is 6.17. The van der Waals surface area contributed by atoms with E-state index in [2.05, 4.69) is 20.9 Å². The van der Waals surface area contributed by atoms with E-state index in [0.717, 1.165) is 55.3 Å². The highest BCUT2D eigenvalue weighted by Gasteiger charge is 2.46. The summed E-state index contributed by atoms with van der Waals surface area (Å²) in [5.41, 5.74) is 8.00. The van der Waals surface area contributed by atoms with Crippen molar-refractivity contribution < 1.29 is 14.2 Å². The van der Waals surface area contributed by atoms with Gasteiger partial charge in [0.05, 0.1) is 44.3 Å². The fourth-order valence-electron chi connectivity index (χ4n) is 4.71. The van der Waals surface area contributed by atoms with Crippen molar-refractivity contribution in [1.82, 2.24) is 20.9 Å². The van der Waals surface area contributed by atoms with Crippen molar-refractivity contribution >= 4 is 11.6 Å². The Bertz CT molecular complexity index is 788. The minimum Gasteiger partial charge on any atom is -0.497 e. The van der Waals surface area contributed by atoms with Crippen LogP contribution in [0.3, 0.4) is 0 Å². The lowest BCUT2D eigenvalue weighted by atomic mass is 10.0. The Morgan fingerprint density at radius 3 is 2.84 bits per heavy atom. The highest BCUT2D eigenvalue weighted by Crippen LogP contribution is 2.31. The van der Waals surface area contributed by atoms with E-state index < -0.39 is 0 Å². The van der Waals surface area contributed by atoms with Gasteiger partial charge in [0.1, 0.15) is 11.5 Å². The molecule has 3 aliphatic rings. The molecule has 2 bridgehead atoms. The van der Waals surface area contributed by atoms with Crippen LogP contribution >= 0.6 is 11.6 Å². The van der Waals surface area contributed by atoms with E-state index in [9.17, 15) is 0 Å². The second kappa shape index (κ2) is 10.4. The summed E-state index contributed by atoms with van der Waals surface area (Å²) >= 11 is 6.17. The van der Waals surface area contributed by atoms with Gasteiger partial charge in [-0.15, -0.1) is 0 Å². The van der Waals surface area contributed by atoms with Crippen molar-refractivity contribution in [1.29, 1.82) is 0 Å². The maximum Gasteiger partial charge on any atom is 0.127 e. The number of halogens is 1. The lowest BCUT2D eigenvalue weighted by Gasteiger charge is -2.47. The number of nitrogens with zero attached hydrogens (tertiary/aromatic N) is 1. The molecule has 0 amide bonds. The molecule has 0 aliphatic carbocycles. The molecule has 31 heavy (non-hydrogen) atoms. The fraction of sp³-hybridized carbons (Fsp3) is 0.636. The number of nitrogens with two attached hydrogens (primary N) is 1. The summed E-state index contributed by atoms with van der Waals surface area (Å²) in [6, 6.07) is 6.94. The molecule has 5 N–H and O–H groups in total. The van der Waals surface area contributed by atoms with Gasteiger partial charge in [0.2, 0.25) is 0 Å². The number of likely N-dealkylation sites (tertiary alicyclic amines) is 1. The van der Waals surface area contributed by atoms with Gasteiger partial charge in [0.25, 0.3) is 0 Å². The molecular weight excluding hydrogens is 418 g/mol. The summed E-state index contributed by atoms with van der Waals surface area (Å²) in [5, 5.41) is 10.9. The van der Waals surface area contributed by atoms with Gasteiger partial charge in [-0.1, -0.05) is 17.7 Å². The Morgan fingerprint density at radius 1 is 1.35 bits per heavy atom. The van der Waals surface area contributed by atoms with Crippen molar-refractivity contribution in [2.24, 2.45) is 5.73 Å². The van der Waals surface area contributed by atoms with Crippen LogP contribution in [0, 0.1) is 0 Å². The average Bonchev–Trinajstić information content (AvgIpc) is 3.38. The van der Waals surface area contributed by atoms with Crippen molar-refractivity contribution in [3.8, 4) is 11.5 Å². The monoisotopic (exact) mass is 451 g/mol. The van der Waals surface area contributed by atoms with Crippen LogP contribution in [0.15, 0.2) is 28.9 Å². The molecular formula is C22H34ClN5O3. The van der Waals surface area contributed by atoms with Crippen LogP contribution in [-0.4, -0.2) is 76.3 Å². The Balaban J connectivity index is 1.21. The molecule has 3 unspecified atom stereocenters. The van der Waals surface area contributed by atoms with Gasteiger partial charge >= 0.3 is 0 Å². The summed E-state index contributed by atoms with van der Waals surface area (Å²) in [4.78, 5) is 2.61. The van der Waals surface area contributed by atoms with Crippen molar-refractivity contribution in [3.05, 3.63) is 34.5 Å². The molecule has 3 aliphatic heterocycles. The minimum absolute atomic E-state index is 0.314. The standard InChI is InChI=1S/C22H34ClN5O3/c1-29-17-4-3-14(20(8-17)30-2)9-25-10-15(21(23)24)5-6-26-22-19(11-27-22)28-12-18-7-16(28)13-31-18/h3-4,8,16,18-19,22,25-27H,5-7,9-13,24H2,1-2H3/b21-15+/t16?,18?,19-,22?/m1/s1. The molecule has 3 saturated heterocycles. The average molecular weight is 452 g/mol. The maximum absolute atomic E-state index is 6.17. The first-order valence-corrected chi connectivity index (χ1v) is 11.4. The molecule has 9 heteroatoms. The van der Waals surface area contributed by atoms with E-state index in [1.165, 1.54) is 6.42 Å². The molecule has 3 heterocycles. The Morgan fingerprint density at radius 2 is 2.23 bits per heavy atom. The van der Waals surface area contributed by atoms with Crippen LogP contribution in [0.5, 0.6) is 11.5 Å². The Kier molecular flexibility index (Phi) is 7.58. The number of ether oxygens (including phenoxy) is 3. The first kappa shape index (κ1) is 22.6. The molecule has 4 atom stereocenters. The predicted molar refractivity (Wildman–Crippen MR) is 121 cm³/mol. The topological polar surface area (TPSA) is 93.0 Å². The number of rotatable bonds is 11. The lowest BCUT2D eigenvalue weighted by molar-refractivity contribution is -0.0193. The summed E-state index contributed by atoms with van der Waals surface area (Å²) < 4.78 is 16.4. The van der Waals surface area contributed by atoms with Crippen LogP contribution in [0.1, 0.15) is 18.4 Å². The van der Waals surface area contributed by atoms with E-state index in [4.69, 9.17) is 31.5 Å².